The van der Waals surface area contributed by atoms with Crippen LogP contribution in [0.2, 0.25) is 0 Å². The van der Waals surface area contributed by atoms with Crippen LogP contribution < -0.4 is 0 Å². The van der Waals surface area contributed by atoms with E-state index in [0.717, 1.165) is 32.6 Å². The molecule has 5 heteroatoms. The summed E-state index contributed by atoms with van der Waals surface area (Å²) in [6.45, 7) is 5.53. The molecule has 1 saturated heterocycles. The van der Waals surface area contributed by atoms with Gasteiger partial charge in [-0.05, 0) is 19.1 Å². The van der Waals surface area contributed by atoms with Crippen molar-refractivity contribution in [3.63, 3.8) is 0 Å². The highest BCUT2D eigenvalue weighted by atomic mass is 32.1. The van der Waals surface area contributed by atoms with E-state index < -0.39 is 0 Å². The highest BCUT2D eigenvalue weighted by Gasteiger charge is 2.17. The molecule has 1 amide bonds. The van der Waals surface area contributed by atoms with Crippen molar-refractivity contribution in [3.8, 4) is 0 Å². The lowest BCUT2D eigenvalue weighted by Crippen LogP contribution is -2.48. The van der Waals surface area contributed by atoms with Crippen LogP contribution in [-0.2, 0) is 9.53 Å². The number of piperazine rings is 1. The molecule has 0 atom stereocenters. The van der Waals surface area contributed by atoms with E-state index >= 15 is 0 Å². The third-order valence-corrected chi connectivity index (χ3v) is 2.37. The van der Waals surface area contributed by atoms with Crippen LogP contribution in [0, 0.1) is 0 Å². The van der Waals surface area contributed by atoms with Gasteiger partial charge in [0.2, 0.25) is 6.41 Å². The molecule has 1 aliphatic rings. The summed E-state index contributed by atoms with van der Waals surface area (Å²) in [6, 6.07) is 0. The summed E-state index contributed by atoms with van der Waals surface area (Å²) in [5, 5.41) is 0.549. The number of nitrogens with zero attached hydrogens (tertiary/aromatic N) is 2. The van der Waals surface area contributed by atoms with E-state index in [0.29, 0.717) is 11.8 Å². The second-order valence-electron chi connectivity index (χ2n) is 2.83. The lowest BCUT2D eigenvalue weighted by atomic mass is 10.3. The normalized spacial score (nSPS) is 17.0. The average Bonchev–Trinajstić information content (AvgIpc) is 2.18. The van der Waals surface area contributed by atoms with Gasteiger partial charge >= 0.3 is 0 Å². The van der Waals surface area contributed by atoms with Crippen molar-refractivity contribution in [2.24, 2.45) is 0 Å². The summed E-state index contributed by atoms with van der Waals surface area (Å²) in [5.41, 5.74) is 0. The number of thiocarbonyl (C=S) groups is 1. The third kappa shape index (κ3) is 2.84. The van der Waals surface area contributed by atoms with Crippen LogP contribution in [0.25, 0.3) is 0 Å². The molecule has 4 nitrogen and oxygen atoms in total. The Morgan fingerprint density at radius 2 is 2.08 bits per heavy atom. The van der Waals surface area contributed by atoms with Crippen LogP contribution in [0.1, 0.15) is 6.92 Å². The minimum Gasteiger partial charge on any atom is -0.471 e. The van der Waals surface area contributed by atoms with E-state index in [1.54, 1.807) is 4.90 Å². The van der Waals surface area contributed by atoms with Gasteiger partial charge in [0.25, 0.3) is 5.17 Å². The molecule has 1 aliphatic heterocycles. The molecule has 0 aliphatic carbocycles. The van der Waals surface area contributed by atoms with Crippen molar-refractivity contribution in [1.82, 2.24) is 9.80 Å². The molecular formula is C8H14N2O2S. The molecule has 0 aromatic carbocycles. The Kier molecular flexibility index (Phi) is 3.95. The zero-order valence-corrected chi connectivity index (χ0v) is 8.55. The Bertz CT molecular complexity index is 191. The van der Waals surface area contributed by atoms with Crippen LogP contribution in [0.5, 0.6) is 0 Å². The molecule has 0 bridgehead atoms. The van der Waals surface area contributed by atoms with Crippen LogP contribution in [-0.4, -0.2) is 54.2 Å². The lowest BCUT2D eigenvalue weighted by Gasteiger charge is -2.33. The number of hydrogen-bond donors (Lipinski definition) is 0. The first-order valence-corrected chi connectivity index (χ1v) is 4.79. The quantitative estimate of drug-likeness (QED) is 0.469. The zero-order chi connectivity index (χ0) is 9.68. The first-order valence-electron chi connectivity index (χ1n) is 4.39. The molecule has 1 rings (SSSR count). The molecule has 0 saturated carbocycles. The molecule has 0 unspecified atom stereocenters. The first-order chi connectivity index (χ1) is 6.27. The molecule has 1 fully saturated rings. The topological polar surface area (TPSA) is 32.8 Å². The Morgan fingerprint density at radius 3 is 2.54 bits per heavy atom. The number of ether oxygens (including phenoxy) is 1. The van der Waals surface area contributed by atoms with Crippen LogP contribution in [0.15, 0.2) is 0 Å². The monoisotopic (exact) mass is 202 g/mol. The smallest absolute Gasteiger partial charge is 0.259 e. The number of carbonyl (C=O) groups excluding carboxylic acids is 1. The summed E-state index contributed by atoms with van der Waals surface area (Å²) >= 11 is 5.04. The molecule has 0 spiro atoms. The van der Waals surface area contributed by atoms with Crippen LogP contribution >= 0.6 is 12.2 Å². The minimum atomic E-state index is 0.549. The fourth-order valence-corrected chi connectivity index (χ4v) is 1.53. The van der Waals surface area contributed by atoms with Crippen LogP contribution in [0.3, 0.4) is 0 Å². The Labute approximate surface area is 83.4 Å². The fraction of sp³-hybridized carbons (Fsp3) is 0.750. The fourth-order valence-electron chi connectivity index (χ4n) is 1.22. The largest absolute Gasteiger partial charge is 0.471 e. The SMILES string of the molecule is CCOC(=S)N1CCN(C=O)CC1. The van der Waals surface area contributed by atoms with Gasteiger partial charge in [-0.15, -0.1) is 0 Å². The average molecular weight is 202 g/mol. The summed E-state index contributed by atoms with van der Waals surface area (Å²) in [7, 11) is 0. The third-order valence-electron chi connectivity index (χ3n) is 1.99. The van der Waals surface area contributed by atoms with Gasteiger partial charge in [-0.1, -0.05) is 0 Å². The van der Waals surface area contributed by atoms with E-state index in [1.807, 2.05) is 11.8 Å². The van der Waals surface area contributed by atoms with Gasteiger partial charge in [0, 0.05) is 26.2 Å². The highest BCUT2D eigenvalue weighted by molar-refractivity contribution is 7.80. The molecule has 0 aromatic heterocycles. The van der Waals surface area contributed by atoms with Crippen LogP contribution in [0.4, 0.5) is 0 Å². The van der Waals surface area contributed by atoms with Gasteiger partial charge in [0.1, 0.15) is 0 Å². The number of hydrogen-bond acceptors (Lipinski definition) is 3. The highest BCUT2D eigenvalue weighted by Crippen LogP contribution is 2.01. The van der Waals surface area contributed by atoms with Gasteiger partial charge in [-0.25, -0.2) is 0 Å². The summed E-state index contributed by atoms with van der Waals surface area (Å²) < 4.78 is 5.20. The minimum absolute atomic E-state index is 0.549. The van der Waals surface area contributed by atoms with E-state index in [-0.39, 0.29) is 0 Å². The molecule has 74 valence electrons. The number of rotatable bonds is 2. The van der Waals surface area contributed by atoms with Gasteiger partial charge in [0.15, 0.2) is 0 Å². The molecule has 13 heavy (non-hydrogen) atoms. The predicted octanol–water partition coefficient (Wildman–Crippen LogP) is 0.0818. The van der Waals surface area contributed by atoms with Crippen molar-refractivity contribution in [3.05, 3.63) is 0 Å². The second kappa shape index (κ2) is 5.01. The summed E-state index contributed by atoms with van der Waals surface area (Å²) in [5.74, 6) is 0. The van der Waals surface area contributed by atoms with E-state index in [4.69, 9.17) is 17.0 Å². The van der Waals surface area contributed by atoms with Gasteiger partial charge in [-0.2, -0.15) is 0 Å². The second-order valence-corrected chi connectivity index (χ2v) is 3.18. The molecule has 0 aromatic rings. The van der Waals surface area contributed by atoms with Crippen molar-refractivity contribution < 1.29 is 9.53 Å². The summed E-state index contributed by atoms with van der Waals surface area (Å²) in [6.07, 6.45) is 0.876. The first kappa shape index (κ1) is 10.2. The Balaban J connectivity index is 2.31. The van der Waals surface area contributed by atoms with E-state index in [9.17, 15) is 4.79 Å². The van der Waals surface area contributed by atoms with Crippen molar-refractivity contribution >= 4 is 23.8 Å². The molecule has 0 N–H and O–H groups in total. The van der Waals surface area contributed by atoms with Gasteiger partial charge in [0.05, 0.1) is 6.61 Å². The maximum absolute atomic E-state index is 10.4. The van der Waals surface area contributed by atoms with Crippen molar-refractivity contribution in [2.45, 2.75) is 6.92 Å². The standard InChI is InChI=1S/C8H14N2O2S/c1-2-12-8(13)10-5-3-9(7-11)4-6-10/h7H,2-6H2,1H3. The van der Waals surface area contributed by atoms with Gasteiger partial charge in [-0.3, -0.25) is 4.79 Å². The van der Waals surface area contributed by atoms with Crippen molar-refractivity contribution in [1.29, 1.82) is 0 Å². The number of amides is 1. The summed E-state index contributed by atoms with van der Waals surface area (Å²) in [4.78, 5) is 14.1. The Morgan fingerprint density at radius 1 is 1.46 bits per heavy atom. The predicted molar refractivity (Wildman–Crippen MR) is 53.4 cm³/mol. The van der Waals surface area contributed by atoms with Crippen molar-refractivity contribution in [2.75, 3.05) is 32.8 Å². The molecule has 0 radical (unpaired) electrons. The van der Waals surface area contributed by atoms with E-state index in [2.05, 4.69) is 0 Å². The molecular weight excluding hydrogens is 188 g/mol. The lowest BCUT2D eigenvalue weighted by molar-refractivity contribution is -0.119. The number of carbonyl (C=O) groups is 1. The zero-order valence-electron chi connectivity index (χ0n) is 7.73. The Hall–Kier alpha value is -0.840. The maximum atomic E-state index is 10.4. The van der Waals surface area contributed by atoms with Gasteiger partial charge < -0.3 is 14.5 Å². The maximum Gasteiger partial charge on any atom is 0.259 e. The van der Waals surface area contributed by atoms with E-state index in [1.165, 1.54) is 0 Å². The molecule has 1 heterocycles.